The molecule has 15 nitrogen and oxygen atoms in total. The van der Waals surface area contributed by atoms with E-state index in [0.717, 1.165) is 5.56 Å². The van der Waals surface area contributed by atoms with Crippen LogP contribution in [0.5, 0.6) is 0 Å². The Labute approximate surface area is 219 Å². The predicted molar refractivity (Wildman–Crippen MR) is 129 cm³/mol. The predicted octanol–water partition coefficient (Wildman–Crippen LogP) is 0.214. The number of carbonyl (C=O) groups is 1. The van der Waals surface area contributed by atoms with E-state index in [2.05, 4.69) is 35.6 Å². The van der Waals surface area contributed by atoms with Crippen LogP contribution >= 0.6 is 11.6 Å². The lowest BCUT2D eigenvalue weighted by molar-refractivity contribution is -0.179. The van der Waals surface area contributed by atoms with Crippen molar-refractivity contribution in [2.45, 2.75) is 49.4 Å². The van der Waals surface area contributed by atoms with Gasteiger partial charge in [-0.1, -0.05) is 35.5 Å². The number of aliphatic hydroxyl groups is 2. The quantitative estimate of drug-likeness (QED) is 0.178. The Bertz CT molecular complexity index is 1430. The van der Waals surface area contributed by atoms with Crippen molar-refractivity contribution >= 4 is 34.6 Å². The average molecular weight is 546 g/mol. The minimum absolute atomic E-state index is 0.0293. The number of H-pyrrole nitrogens is 1. The van der Waals surface area contributed by atoms with Gasteiger partial charge in [0.2, 0.25) is 16.7 Å². The molecule has 5 rings (SSSR count). The van der Waals surface area contributed by atoms with E-state index < -0.39 is 42.2 Å². The first-order chi connectivity index (χ1) is 18.1. The molecule has 4 aromatic rings. The third-order valence-electron chi connectivity index (χ3n) is 6.58. The Balaban J connectivity index is 1.41. The molecule has 6 N–H and O–H groups in total. The van der Waals surface area contributed by atoms with Crippen molar-refractivity contribution in [1.82, 2.24) is 40.1 Å². The fourth-order valence-electron chi connectivity index (χ4n) is 4.50. The highest BCUT2D eigenvalue weighted by Gasteiger charge is 2.55. The number of carboxylic acid groups (broad SMARTS) is 1. The highest BCUT2D eigenvalue weighted by Crippen LogP contribution is 2.41. The van der Waals surface area contributed by atoms with Crippen molar-refractivity contribution in [2.75, 3.05) is 12.3 Å². The van der Waals surface area contributed by atoms with E-state index in [4.69, 9.17) is 26.8 Å². The molecule has 5 atom stereocenters. The number of halogens is 1. The van der Waals surface area contributed by atoms with E-state index in [1.165, 1.54) is 17.8 Å². The molecule has 0 aliphatic carbocycles. The number of nitrogen functional groups attached to an aromatic ring is 1. The number of aliphatic hydroxyl groups excluding tert-OH is 1. The Hall–Kier alpha value is -3.76. The number of nitrogens with one attached hydrogen (secondary N) is 1. The van der Waals surface area contributed by atoms with Crippen LogP contribution in [0, 0.1) is 0 Å². The first-order valence-electron chi connectivity index (χ1n) is 11.5. The fourth-order valence-corrected chi connectivity index (χ4v) is 4.67. The normalized spacial score (nSPS) is 25.0. The smallest absolute Gasteiger partial charge is 0.344 e. The average Bonchev–Trinajstić information content (AvgIpc) is 3.61. The zero-order chi connectivity index (χ0) is 27.1. The van der Waals surface area contributed by atoms with Gasteiger partial charge in [-0.25, -0.2) is 9.78 Å². The summed E-state index contributed by atoms with van der Waals surface area (Å²) in [7, 11) is 0. The Morgan fingerprint density at radius 1 is 1.34 bits per heavy atom. The van der Waals surface area contributed by atoms with Crippen molar-refractivity contribution in [1.29, 1.82) is 0 Å². The molecule has 0 radical (unpaired) electrons. The van der Waals surface area contributed by atoms with E-state index in [0.29, 0.717) is 6.42 Å². The number of aromatic nitrogens is 8. The largest absolute Gasteiger partial charge is 0.479 e. The third kappa shape index (κ3) is 4.43. The number of aromatic amines is 1. The molecule has 1 unspecified atom stereocenters. The number of carboxylic acids is 1. The van der Waals surface area contributed by atoms with Gasteiger partial charge in [0.05, 0.1) is 12.9 Å². The monoisotopic (exact) mass is 545 g/mol. The number of hydrogen-bond donors (Lipinski definition) is 5. The van der Waals surface area contributed by atoms with Crippen molar-refractivity contribution in [2.24, 2.45) is 0 Å². The topological polar surface area (TPSA) is 220 Å². The van der Waals surface area contributed by atoms with Crippen LogP contribution in [0.3, 0.4) is 0 Å². The van der Waals surface area contributed by atoms with Crippen molar-refractivity contribution < 1.29 is 29.6 Å². The molecule has 3 aromatic heterocycles. The van der Waals surface area contributed by atoms with Crippen LogP contribution in [0.15, 0.2) is 36.7 Å². The second-order valence-corrected chi connectivity index (χ2v) is 9.40. The molecule has 0 bridgehead atoms. The Morgan fingerprint density at radius 2 is 2.11 bits per heavy atom. The molecule has 16 heteroatoms. The highest BCUT2D eigenvalue weighted by atomic mass is 35.5. The fraction of sp³-hybridized carbons (Fsp3) is 0.409. The number of nitrogens with zero attached hydrogens (tertiary/aromatic N) is 7. The maximum absolute atomic E-state index is 12.6. The van der Waals surface area contributed by atoms with Gasteiger partial charge in [-0.3, -0.25) is 4.57 Å². The second kappa shape index (κ2) is 9.85. The maximum atomic E-state index is 12.6. The minimum Gasteiger partial charge on any atom is -0.479 e. The maximum Gasteiger partial charge on any atom is 0.344 e. The van der Waals surface area contributed by atoms with Gasteiger partial charge in [0.25, 0.3) is 0 Å². The molecule has 0 amide bonds. The summed E-state index contributed by atoms with van der Waals surface area (Å²) in [5.41, 5.74) is 3.26. The van der Waals surface area contributed by atoms with Crippen molar-refractivity contribution in [3.05, 3.63) is 53.3 Å². The van der Waals surface area contributed by atoms with Crippen LogP contribution in [0.25, 0.3) is 11.2 Å². The number of benzene rings is 1. The number of anilines is 1. The van der Waals surface area contributed by atoms with Gasteiger partial charge in [0.1, 0.15) is 23.3 Å². The minimum atomic E-state index is -2.02. The van der Waals surface area contributed by atoms with E-state index in [-0.39, 0.29) is 34.5 Å². The van der Waals surface area contributed by atoms with Crippen molar-refractivity contribution in [3.8, 4) is 0 Å². The van der Waals surface area contributed by atoms with Gasteiger partial charge < -0.3 is 30.5 Å². The number of aryl methyl sites for hydroxylation is 1. The number of aliphatic carboxylic acids is 1. The first-order valence-corrected chi connectivity index (χ1v) is 11.9. The Morgan fingerprint density at radius 3 is 2.79 bits per heavy atom. The number of hydrogen-bond acceptors (Lipinski definition) is 12. The lowest BCUT2D eigenvalue weighted by Crippen LogP contribution is -2.47. The number of fused-ring (bicyclic) bond motifs is 1. The van der Waals surface area contributed by atoms with Crippen LogP contribution in [-0.2, 0) is 26.3 Å². The third-order valence-corrected chi connectivity index (χ3v) is 6.75. The molecule has 1 fully saturated rings. The van der Waals surface area contributed by atoms with Gasteiger partial charge >= 0.3 is 5.97 Å². The number of tetrazole rings is 1. The van der Waals surface area contributed by atoms with Gasteiger partial charge in [-0.05, 0) is 36.9 Å². The molecular formula is C22H24ClN9O6. The van der Waals surface area contributed by atoms with E-state index in [9.17, 15) is 20.1 Å². The first kappa shape index (κ1) is 25.9. The molecule has 1 aliphatic heterocycles. The van der Waals surface area contributed by atoms with Crippen LogP contribution in [0.4, 0.5) is 5.82 Å². The summed E-state index contributed by atoms with van der Waals surface area (Å²) in [5.74, 6) is -1.52. The van der Waals surface area contributed by atoms with Gasteiger partial charge in [-0.15, -0.1) is 10.2 Å². The van der Waals surface area contributed by atoms with Crippen LogP contribution in [0.1, 0.15) is 31.0 Å². The number of rotatable bonds is 9. The highest BCUT2D eigenvalue weighted by molar-refractivity contribution is 6.28. The van der Waals surface area contributed by atoms with Gasteiger partial charge in [0.15, 0.2) is 17.7 Å². The molecule has 1 aliphatic rings. The van der Waals surface area contributed by atoms with Gasteiger partial charge in [-0.2, -0.15) is 15.2 Å². The molecule has 0 spiro atoms. The van der Waals surface area contributed by atoms with E-state index in [1.54, 1.807) is 0 Å². The summed E-state index contributed by atoms with van der Waals surface area (Å²) < 4.78 is 13.3. The van der Waals surface area contributed by atoms with Gasteiger partial charge in [0, 0.05) is 0 Å². The van der Waals surface area contributed by atoms with E-state index >= 15 is 0 Å². The molecule has 4 heterocycles. The molecular weight excluding hydrogens is 522 g/mol. The molecule has 1 aromatic carbocycles. The number of imidazole rings is 1. The molecule has 0 saturated carbocycles. The van der Waals surface area contributed by atoms with E-state index in [1.807, 2.05) is 30.3 Å². The van der Waals surface area contributed by atoms with Crippen LogP contribution in [-0.4, -0.2) is 85.8 Å². The standard InChI is InChI=1S/C22H24ClN9O6/c1-21(36)14(33)12(38-18(21)32-10-25-13-15(24)26-20(23)27-16(13)32)9-37-22(19(34)35,17-28-30-31-29-17)8-7-11-5-3-2-4-6-11/h2-6,10,12,14,18,33,36H,7-9H2,1H3,(H,34,35)(H2,24,26,27)(H,28,29,30,31)/t12-,14-,18-,21-,22?/m1/s1. The Kier molecular flexibility index (Phi) is 6.70. The summed E-state index contributed by atoms with van der Waals surface area (Å²) in [6.07, 6.45) is -2.26. The summed E-state index contributed by atoms with van der Waals surface area (Å²) in [6, 6.07) is 9.23. The molecule has 38 heavy (non-hydrogen) atoms. The molecule has 200 valence electrons. The lowest BCUT2D eigenvalue weighted by atomic mass is 9.93. The zero-order valence-corrected chi connectivity index (χ0v) is 20.7. The summed E-state index contributed by atoms with van der Waals surface area (Å²) in [5, 5.41) is 45.7. The second-order valence-electron chi connectivity index (χ2n) is 9.06. The number of ether oxygens (including phenoxy) is 2. The SMILES string of the molecule is C[C@@]1(O)[C@H](O)[C@@H](COC(CCc2ccccc2)(C(=O)O)c2nn[nH]n2)O[C@H]1n1cnc2c(N)nc(Cl)nc21. The lowest BCUT2D eigenvalue weighted by Gasteiger charge is -2.29. The number of nitrogens with two attached hydrogens (primary N) is 1. The van der Waals surface area contributed by atoms with Crippen LogP contribution < -0.4 is 5.73 Å². The summed E-state index contributed by atoms with van der Waals surface area (Å²) in [4.78, 5) is 24.7. The summed E-state index contributed by atoms with van der Waals surface area (Å²) in [6.45, 7) is 0.924. The van der Waals surface area contributed by atoms with Crippen LogP contribution in [0.2, 0.25) is 5.28 Å². The molecule has 1 saturated heterocycles. The van der Waals surface area contributed by atoms with Crippen molar-refractivity contribution in [3.63, 3.8) is 0 Å². The zero-order valence-electron chi connectivity index (χ0n) is 20.0. The summed E-state index contributed by atoms with van der Waals surface area (Å²) >= 11 is 5.95.